The maximum Gasteiger partial charge on any atom is 0.412 e. The molecule has 0 bridgehead atoms. The Labute approximate surface area is 194 Å². The van der Waals surface area contributed by atoms with E-state index in [0.29, 0.717) is 13.1 Å². The molecule has 0 spiro atoms. The van der Waals surface area contributed by atoms with Crippen LogP contribution in [0.25, 0.3) is 0 Å². The Morgan fingerprint density at radius 1 is 0.677 bits per heavy atom. The van der Waals surface area contributed by atoms with Gasteiger partial charge in [0, 0.05) is 0 Å². The van der Waals surface area contributed by atoms with Crippen LogP contribution >= 0.6 is 0 Å². The van der Waals surface area contributed by atoms with Crippen molar-refractivity contribution in [2.75, 3.05) is 13.1 Å². The van der Waals surface area contributed by atoms with Crippen molar-refractivity contribution in [1.29, 1.82) is 0 Å². The predicted octanol–water partition coefficient (Wildman–Crippen LogP) is 2.93. The molecule has 0 atom stereocenters. The number of rotatable bonds is 14. The minimum Gasteiger partial charge on any atom is -0.435 e. The lowest BCUT2D eigenvalue weighted by molar-refractivity contribution is 0.378. The van der Waals surface area contributed by atoms with Gasteiger partial charge in [-0.25, -0.2) is 0 Å². The summed E-state index contributed by atoms with van der Waals surface area (Å²) in [5.74, 6) is 0. The topological polar surface area (TPSA) is 79.7 Å². The van der Waals surface area contributed by atoms with Gasteiger partial charge in [-0.2, -0.15) is 0 Å². The van der Waals surface area contributed by atoms with E-state index in [-0.39, 0.29) is 10.0 Å². The lowest BCUT2D eigenvalue weighted by Crippen LogP contribution is -2.68. The molecular formula is C22H38N2O3Si4. The fourth-order valence-electron chi connectivity index (χ4n) is 3.48. The molecule has 2 aromatic rings. The molecule has 5 nitrogen and oxygen atoms in total. The molecule has 0 aliphatic rings. The van der Waals surface area contributed by atoms with Gasteiger partial charge in [-0.15, -0.1) is 0 Å². The molecule has 2 radical (unpaired) electrons. The Morgan fingerprint density at radius 2 is 1.13 bits per heavy atom. The van der Waals surface area contributed by atoms with Crippen molar-refractivity contribution in [3.63, 3.8) is 0 Å². The number of hydrogen-bond acceptors (Lipinski definition) is 5. The molecule has 0 fully saturated rings. The lowest BCUT2D eigenvalue weighted by Gasteiger charge is -2.39. The Kier molecular flexibility index (Phi) is 10.5. The quantitative estimate of drug-likeness (QED) is 0.398. The second kappa shape index (κ2) is 12.4. The van der Waals surface area contributed by atoms with E-state index in [9.17, 15) is 0 Å². The molecule has 0 saturated carbocycles. The second-order valence-electron chi connectivity index (χ2n) is 9.04. The molecule has 0 amide bonds. The van der Waals surface area contributed by atoms with Crippen molar-refractivity contribution < 1.29 is 12.3 Å². The van der Waals surface area contributed by atoms with Crippen molar-refractivity contribution in [2.45, 2.75) is 51.1 Å². The summed E-state index contributed by atoms with van der Waals surface area (Å²) in [5.41, 5.74) is 11.5. The molecular weight excluding hydrogens is 453 g/mol. The van der Waals surface area contributed by atoms with E-state index in [0.717, 1.165) is 35.3 Å². The zero-order chi connectivity index (χ0) is 22.8. The molecule has 170 valence electrons. The summed E-state index contributed by atoms with van der Waals surface area (Å²) in [4.78, 5) is 0. The van der Waals surface area contributed by atoms with Crippen molar-refractivity contribution >= 4 is 45.6 Å². The van der Waals surface area contributed by atoms with Crippen molar-refractivity contribution in [3.05, 3.63) is 60.7 Å². The highest BCUT2D eigenvalue weighted by Gasteiger charge is 2.47. The van der Waals surface area contributed by atoms with Crippen LogP contribution in [-0.2, 0) is 12.3 Å². The van der Waals surface area contributed by atoms with Crippen LogP contribution in [0.4, 0.5) is 0 Å². The van der Waals surface area contributed by atoms with Crippen LogP contribution in [0, 0.1) is 0 Å². The Morgan fingerprint density at radius 3 is 1.58 bits per heavy atom. The Hall–Kier alpha value is -0.892. The highest BCUT2D eigenvalue weighted by molar-refractivity contribution is 7.00. The van der Waals surface area contributed by atoms with Gasteiger partial charge in [0.1, 0.15) is 0 Å². The highest BCUT2D eigenvalue weighted by Crippen LogP contribution is 2.22. The molecule has 9 heteroatoms. The number of nitrogens with two attached hydrogens (primary N) is 2. The summed E-state index contributed by atoms with van der Waals surface area (Å²) < 4.78 is 20.2. The normalized spacial score (nSPS) is 12.8. The SMILES string of the molecule is C[Si](C)(CCCN)O[Si]O[Si](O[Si](C)(C)CCCN)(c1ccccc1)c1ccccc1. The molecule has 0 unspecified atom stereocenters. The minimum absolute atomic E-state index is 0.0593. The first-order valence-corrected chi connectivity index (χ1v) is 19.9. The molecule has 4 N–H and O–H groups in total. The average molecular weight is 491 g/mol. The van der Waals surface area contributed by atoms with Crippen LogP contribution in [0.15, 0.2) is 60.7 Å². The number of benzene rings is 2. The van der Waals surface area contributed by atoms with Crippen LogP contribution in [0.5, 0.6) is 0 Å². The zero-order valence-corrected chi connectivity index (χ0v) is 23.4. The summed E-state index contributed by atoms with van der Waals surface area (Å²) >= 11 is 0. The Balaban J connectivity index is 2.40. The van der Waals surface area contributed by atoms with Crippen LogP contribution < -0.4 is 21.8 Å². The molecule has 2 aromatic carbocycles. The summed E-state index contributed by atoms with van der Waals surface area (Å²) in [7, 11) is -6.90. The minimum atomic E-state index is -2.96. The third-order valence-corrected chi connectivity index (χ3v) is 17.9. The molecule has 31 heavy (non-hydrogen) atoms. The first-order chi connectivity index (χ1) is 14.7. The molecule has 0 aliphatic heterocycles. The van der Waals surface area contributed by atoms with Gasteiger partial charge in [0.15, 0.2) is 16.6 Å². The van der Waals surface area contributed by atoms with Gasteiger partial charge in [-0.3, -0.25) is 0 Å². The van der Waals surface area contributed by atoms with Gasteiger partial charge in [-0.1, -0.05) is 60.7 Å². The summed E-state index contributed by atoms with van der Waals surface area (Å²) in [6.07, 6.45) is 1.95. The van der Waals surface area contributed by atoms with E-state index < -0.39 is 25.2 Å². The van der Waals surface area contributed by atoms with Crippen molar-refractivity contribution in [3.8, 4) is 0 Å². The zero-order valence-electron chi connectivity index (χ0n) is 19.4. The maximum atomic E-state index is 7.12. The van der Waals surface area contributed by atoms with Crippen LogP contribution in [0.3, 0.4) is 0 Å². The first kappa shape index (κ1) is 26.4. The van der Waals surface area contributed by atoms with Gasteiger partial charge in [0.05, 0.1) is 0 Å². The van der Waals surface area contributed by atoms with E-state index in [4.69, 9.17) is 23.8 Å². The fourth-order valence-corrected chi connectivity index (χ4v) is 15.5. The van der Waals surface area contributed by atoms with E-state index >= 15 is 0 Å². The van der Waals surface area contributed by atoms with Gasteiger partial charge in [0.2, 0.25) is 0 Å². The van der Waals surface area contributed by atoms with Gasteiger partial charge in [0.25, 0.3) is 0 Å². The third kappa shape index (κ3) is 8.19. The molecule has 0 saturated heterocycles. The maximum absolute atomic E-state index is 7.12. The first-order valence-electron chi connectivity index (χ1n) is 11.1. The van der Waals surface area contributed by atoms with Crippen LogP contribution in [-0.4, -0.2) is 48.3 Å². The van der Waals surface area contributed by atoms with Crippen LogP contribution in [0.2, 0.25) is 38.3 Å². The fraction of sp³-hybridized carbons (Fsp3) is 0.455. The Bertz CT molecular complexity index is 724. The average Bonchev–Trinajstić information content (AvgIpc) is 2.76. The van der Waals surface area contributed by atoms with Gasteiger partial charge >= 0.3 is 18.6 Å². The summed E-state index contributed by atoms with van der Waals surface area (Å²) in [5, 5.41) is 2.24. The summed E-state index contributed by atoms with van der Waals surface area (Å²) in [6, 6.07) is 22.9. The highest BCUT2D eigenvalue weighted by atomic mass is 28.5. The monoisotopic (exact) mass is 490 g/mol. The van der Waals surface area contributed by atoms with Crippen LogP contribution in [0.1, 0.15) is 12.8 Å². The third-order valence-electron chi connectivity index (χ3n) is 5.20. The van der Waals surface area contributed by atoms with E-state index in [1.54, 1.807) is 0 Å². The molecule has 0 aromatic heterocycles. The largest absolute Gasteiger partial charge is 0.435 e. The van der Waals surface area contributed by atoms with E-state index in [1.165, 1.54) is 0 Å². The van der Waals surface area contributed by atoms with Crippen molar-refractivity contribution in [2.24, 2.45) is 11.5 Å². The predicted molar refractivity (Wildman–Crippen MR) is 139 cm³/mol. The smallest absolute Gasteiger partial charge is 0.412 e. The second-order valence-corrected chi connectivity index (χ2v) is 22.1. The molecule has 0 heterocycles. The molecule has 2 rings (SSSR count). The lowest BCUT2D eigenvalue weighted by atomic mass is 10.4. The van der Waals surface area contributed by atoms with E-state index in [2.05, 4.69) is 74.7 Å². The van der Waals surface area contributed by atoms with Gasteiger partial charge in [-0.05, 0) is 74.6 Å². The number of hydrogen-bond donors (Lipinski definition) is 2. The van der Waals surface area contributed by atoms with Gasteiger partial charge < -0.3 is 23.8 Å². The van der Waals surface area contributed by atoms with Crippen molar-refractivity contribution in [1.82, 2.24) is 0 Å². The standard InChI is InChI=1S/C22H38N2O3Si4/c1-29(2,19-11-17-23)25-28-26-31(21-13-7-5-8-14-21,22-15-9-6-10-16-22)27-30(3,4)20-12-18-24/h5-10,13-16H,11-12,17-20,23-24H2,1-4H3. The van der Waals surface area contributed by atoms with E-state index in [1.807, 2.05) is 12.1 Å². The molecule has 0 aliphatic carbocycles. The summed E-state index contributed by atoms with van der Waals surface area (Å²) in [6.45, 7) is 10.4.